The van der Waals surface area contributed by atoms with E-state index in [2.05, 4.69) is 28.5 Å². The second-order valence-corrected chi connectivity index (χ2v) is 5.86. The molecule has 2 rings (SSSR count). The number of hydrogen-bond acceptors (Lipinski definition) is 2. The van der Waals surface area contributed by atoms with Gasteiger partial charge in [-0.25, -0.2) is 0 Å². The van der Waals surface area contributed by atoms with Crippen molar-refractivity contribution >= 4 is 23.4 Å². The highest BCUT2D eigenvalue weighted by Crippen LogP contribution is 2.19. The van der Waals surface area contributed by atoms with Gasteiger partial charge in [0.2, 0.25) is 0 Å². The van der Waals surface area contributed by atoms with E-state index in [0.29, 0.717) is 0 Å². The average molecular weight is 294 g/mol. The molecule has 0 unspecified atom stereocenters. The minimum atomic E-state index is 0.830. The third kappa shape index (κ3) is 3.14. The summed E-state index contributed by atoms with van der Waals surface area (Å²) in [4.78, 5) is 3.32. The maximum absolute atomic E-state index is 5.46. The summed E-state index contributed by atoms with van der Waals surface area (Å²) in [6.45, 7) is 5.38. The van der Waals surface area contributed by atoms with Crippen molar-refractivity contribution in [3.05, 3.63) is 10.5 Å². The molecule has 0 fully saturated rings. The summed E-state index contributed by atoms with van der Waals surface area (Å²) in [6.07, 6.45) is 8.76. The van der Waals surface area contributed by atoms with E-state index in [9.17, 15) is 0 Å². The molecule has 0 atom stereocenters. The summed E-state index contributed by atoms with van der Waals surface area (Å²) in [7, 11) is 2.00. The van der Waals surface area contributed by atoms with Crippen LogP contribution in [0.1, 0.15) is 58.1 Å². The number of aromatic nitrogens is 4. The predicted molar refractivity (Wildman–Crippen MR) is 86.6 cm³/mol. The number of aryl methyl sites for hydroxylation is 3. The fourth-order valence-corrected chi connectivity index (χ4v) is 3.06. The summed E-state index contributed by atoms with van der Waals surface area (Å²) in [5, 5.41) is 4.56. The van der Waals surface area contributed by atoms with Gasteiger partial charge in [0.15, 0.2) is 10.4 Å². The Morgan fingerprint density at radius 3 is 2.50 bits per heavy atom. The van der Waals surface area contributed by atoms with E-state index in [1.165, 1.54) is 38.5 Å². The molecule has 0 amide bonds. The van der Waals surface area contributed by atoms with E-state index in [4.69, 9.17) is 12.2 Å². The van der Waals surface area contributed by atoms with Crippen LogP contribution in [0, 0.1) is 4.77 Å². The van der Waals surface area contributed by atoms with Crippen LogP contribution in [0.15, 0.2) is 0 Å². The molecular weight excluding hydrogens is 268 g/mol. The lowest BCUT2D eigenvalue weighted by Gasteiger charge is -2.05. The van der Waals surface area contributed by atoms with Crippen LogP contribution in [0.3, 0.4) is 0 Å². The highest BCUT2D eigenvalue weighted by molar-refractivity contribution is 7.71. The number of nitrogens with zero attached hydrogens (tertiary/aromatic N) is 3. The second-order valence-electron chi connectivity index (χ2n) is 5.47. The zero-order chi connectivity index (χ0) is 14.5. The first-order chi connectivity index (χ1) is 9.69. The molecule has 0 radical (unpaired) electrons. The smallest absolute Gasteiger partial charge is 0.179 e. The Morgan fingerprint density at radius 1 is 1.10 bits per heavy atom. The van der Waals surface area contributed by atoms with Crippen LogP contribution in [0.2, 0.25) is 0 Å². The normalized spacial score (nSPS) is 11.6. The number of nitrogens with one attached hydrogen (secondary N) is 1. The van der Waals surface area contributed by atoms with Gasteiger partial charge in [0, 0.05) is 13.6 Å². The third-order valence-electron chi connectivity index (χ3n) is 3.89. The van der Waals surface area contributed by atoms with E-state index in [0.717, 1.165) is 34.6 Å². The van der Waals surface area contributed by atoms with E-state index in [1.54, 1.807) is 0 Å². The highest BCUT2D eigenvalue weighted by atomic mass is 32.1. The minimum absolute atomic E-state index is 0.830. The number of imidazole rings is 1. The van der Waals surface area contributed by atoms with E-state index < -0.39 is 0 Å². The SMILES string of the molecule is CCCCCCCCn1c(=S)[nH]c2c(CC)nn(C)c21. The molecule has 2 aromatic rings. The second kappa shape index (κ2) is 7.07. The zero-order valence-electron chi connectivity index (χ0n) is 12.9. The molecule has 4 nitrogen and oxygen atoms in total. The van der Waals surface area contributed by atoms with Gasteiger partial charge in [-0.05, 0) is 25.1 Å². The van der Waals surface area contributed by atoms with Gasteiger partial charge in [0.1, 0.15) is 5.52 Å². The molecule has 0 aromatic carbocycles. The first kappa shape index (κ1) is 15.3. The lowest BCUT2D eigenvalue weighted by atomic mass is 10.1. The summed E-state index contributed by atoms with van der Waals surface area (Å²) in [6, 6.07) is 0. The van der Waals surface area contributed by atoms with Crippen LogP contribution in [0.25, 0.3) is 11.2 Å². The van der Waals surface area contributed by atoms with Gasteiger partial charge in [0.05, 0.1) is 5.69 Å². The fourth-order valence-electron chi connectivity index (χ4n) is 2.78. The Bertz CT molecular complexity index is 605. The predicted octanol–water partition coefficient (Wildman–Crippen LogP) is 4.36. The van der Waals surface area contributed by atoms with Gasteiger partial charge in [-0.1, -0.05) is 46.0 Å². The molecule has 1 N–H and O–H groups in total. The van der Waals surface area contributed by atoms with Gasteiger partial charge >= 0.3 is 0 Å². The topological polar surface area (TPSA) is 38.5 Å². The van der Waals surface area contributed by atoms with Crippen LogP contribution in [0.4, 0.5) is 0 Å². The van der Waals surface area contributed by atoms with Crippen molar-refractivity contribution in [2.45, 2.75) is 65.3 Å². The van der Waals surface area contributed by atoms with E-state index in [1.807, 2.05) is 11.7 Å². The van der Waals surface area contributed by atoms with Crippen LogP contribution in [-0.4, -0.2) is 19.3 Å². The summed E-state index contributed by atoms with van der Waals surface area (Å²) >= 11 is 5.46. The molecule has 0 aliphatic heterocycles. The monoisotopic (exact) mass is 294 g/mol. The standard InChI is InChI=1S/C15H26N4S/c1-4-6-7-8-9-10-11-19-14-13(16-15(19)20)12(5-2)17-18(14)3/h4-11H2,1-3H3,(H,16,20). The van der Waals surface area contributed by atoms with Gasteiger partial charge in [0.25, 0.3) is 0 Å². The minimum Gasteiger partial charge on any atom is -0.328 e. The summed E-state index contributed by atoms with van der Waals surface area (Å²) < 4.78 is 4.99. The highest BCUT2D eigenvalue weighted by Gasteiger charge is 2.13. The third-order valence-corrected chi connectivity index (χ3v) is 4.21. The Hall–Kier alpha value is -1.10. The molecule has 0 aliphatic rings. The summed E-state index contributed by atoms with van der Waals surface area (Å²) in [5.41, 5.74) is 3.36. The van der Waals surface area contributed by atoms with Gasteiger partial charge in [-0.3, -0.25) is 4.68 Å². The fraction of sp³-hybridized carbons (Fsp3) is 0.733. The molecular formula is C15H26N4S. The van der Waals surface area contributed by atoms with Crippen molar-refractivity contribution in [1.29, 1.82) is 0 Å². The Balaban J connectivity index is 2.04. The van der Waals surface area contributed by atoms with E-state index >= 15 is 0 Å². The first-order valence-electron chi connectivity index (χ1n) is 7.83. The summed E-state index contributed by atoms with van der Waals surface area (Å²) in [5.74, 6) is 0. The van der Waals surface area contributed by atoms with Crippen molar-refractivity contribution in [2.75, 3.05) is 0 Å². The maximum atomic E-state index is 5.46. The van der Waals surface area contributed by atoms with E-state index in [-0.39, 0.29) is 0 Å². The first-order valence-corrected chi connectivity index (χ1v) is 8.24. The molecule has 0 spiro atoms. The van der Waals surface area contributed by atoms with Crippen molar-refractivity contribution in [3.63, 3.8) is 0 Å². The molecule has 0 bridgehead atoms. The number of rotatable bonds is 8. The molecule has 5 heteroatoms. The van der Waals surface area contributed by atoms with Gasteiger partial charge in [-0.15, -0.1) is 0 Å². The molecule has 112 valence electrons. The number of H-pyrrole nitrogens is 1. The molecule has 0 aliphatic carbocycles. The quantitative estimate of drug-likeness (QED) is 0.580. The molecule has 0 saturated carbocycles. The zero-order valence-corrected chi connectivity index (χ0v) is 13.7. The number of aromatic amines is 1. The average Bonchev–Trinajstić information content (AvgIpc) is 2.91. The largest absolute Gasteiger partial charge is 0.328 e. The Kier molecular flexibility index (Phi) is 5.40. The number of hydrogen-bond donors (Lipinski definition) is 1. The van der Waals surface area contributed by atoms with Crippen molar-refractivity contribution in [3.8, 4) is 0 Å². The molecule has 0 saturated heterocycles. The number of unbranched alkanes of at least 4 members (excludes halogenated alkanes) is 5. The van der Waals surface area contributed by atoms with Crippen molar-refractivity contribution in [2.24, 2.45) is 7.05 Å². The van der Waals surface area contributed by atoms with Crippen LogP contribution < -0.4 is 0 Å². The number of fused-ring (bicyclic) bond motifs is 1. The maximum Gasteiger partial charge on any atom is 0.179 e. The Labute approximate surface area is 126 Å². The Morgan fingerprint density at radius 2 is 1.80 bits per heavy atom. The molecule has 2 heterocycles. The van der Waals surface area contributed by atoms with Gasteiger partial charge < -0.3 is 9.55 Å². The molecule has 20 heavy (non-hydrogen) atoms. The van der Waals surface area contributed by atoms with Crippen molar-refractivity contribution in [1.82, 2.24) is 19.3 Å². The van der Waals surface area contributed by atoms with Crippen LogP contribution >= 0.6 is 12.2 Å². The van der Waals surface area contributed by atoms with Crippen molar-refractivity contribution < 1.29 is 0 Å². The lowest BCUT2D eigenvalue weighted by Crippen LogP contribution is -2.03. The lowest BCUT2D eigenvalue weighted by molar-refractivity contribution is 0.554. The van der Waals surface area contributed by atoms with Crippen LogP contribution in [0.5, 0.6) is 0 Å². The van der Waals surface area contributed by atoms with Crippen LogP contribution in [-0.2, 0) is 20.0 Å². The van der Waals surface area contributed by atoms with Gasteiger partial charge in [-0.2, -0.15) is 5.10 Å². The molecule has 2 aromatic heterocycles.